The zero-order valence-corrected chi connectivity index (χ0v) is 17.5. The summed E-state index contributed by atoms with van der Waals surface area (Å²) in [5.41, 5.74) is 7.06. The summed E-state index contributed by atoms with van der Waals surface area (Å²) in [4.78, 5) is 0. The summed E-state index contributed by atoms with van der Waals surface area (Å²) in [5.74, 6) is 1.81. The summed E-state index contributed by atoms with van der Waals surface area (Å²) in [7, 11) is 0. The molecule has 4 aromatic carbocycles. The number of hydrogen-bond acceptors (Lipinski definition) is 2. The molecule has 0 bridgehead atoms. The van der Waals surface area contributed by atoms with Crippen molar-refractivity contribution in [2.75, 3.05) is 0 Å². The molecule has 0 spiro atoms. The summed E-state index contributed by atoms with van der Waals surface area (Å²) in [6, 6.07) is 33.1. The lowest BCUT2D eigenvalue weighted by atomic mass is 9.98. The topological polar surface area (TPSA) is 18.5 Å². The van der Waals surface area contributed by atoms with E-state index >= 15 is 0 Å². The standard InChI is InChI=1S/C28H26O2/c1-21-18-28(30-20-24-11-7-4-8-12-24)22(2)17-27(21)25-13-15-26(16-14-25)29-19-23-9-5-3-6-10-23/h3-18H,19-20H2,1-2H3. The summed E-state index contributed by atoms with van der Waals surface area (Å²) in [5, 5.41) is 0. The van der Waals surface area contributed by atoms with Gasteiger partial charge in [-0.05, 0) is 71.5 Å². The monoisotopic (exact) mass is 394 g/mol. The van der Waals surface area contributed by atoms with Crippen LogP contribution in [0.15, 0.2) is 97.1 Å². The second-order valence-electron chi connectivity index (χ2n) is 7.51. The van der Waals surface area contributed by atoms with E-state index in [0.29, 0.717) is 13.2 Å². The Morgan fingerprint density at radius 1 is 0.567 bits per heavy atom. The Balaban J connectivity index is 1.45. The van der Waals surface area contributed by atoms with Crippen molar-refractivity contribution in [3.05, 3.63) is 119 Å². The largest absolute Gasteiger partial charge is 0.489 e. The van der Waals surface area contributed by atoms with E-state index in [1.807, 2.05) is 48.5 Å². The molecule has 0 atom stereocenters. The molecule has 0 heterocycles. The van der Waals surface area contributed by atoms with Crippen LogP contribution in [0.2, 0.25) is 0 Å². The molecule has 150 valence electrons. The summed E-state index contributed by atoms with van der Waals surface area (Å²) in [6.07, 6.45) is 0. The minimum Gasteiger partial charge on any atom is -0.489 e. The predicted octanol–water partition coefficient (Wildman–Crippen LogP) is 7.13. The van der Waals surface area contributed by atoms with Gasteiger partial charge in [0.05, 0.1) is 0 Å². The molecule has 2 heteroatoms. The second-order valence-corrected chi connectivity index (χ2v) is 7.51. The molecule has 0 amide bonds. The van der Waals surface area contributed by atoms with Crippen molar-refractivity contribution >= 4 is 0 Å². The lowest BCUT2D eigenvalue weighted by Crippen LogP contribution is -1.98. The molecule has 0 unspecified atom stereocenters. The smallest absolute Gasteiger partial charge is 0.123 e. The molecule has 4 aromatic rings. The van der Waals surface area contributed by atoms with Crippen LogP contribution >= 0.6 is 0 Å². The van der Waals surface area contributed by atoms with Gasteiger partial charge in [0.15, 0.2) is 0 Å². The Morgan fingerprint density at radius 2 is 1.13 bits per heavy atom. The minimum absolute atomic E-state index is 0.575. The third kappa shape index (κ3) is 4.90. The lowest BCUT2D eigenvalue weighted by Gasteiger charge is -2.14. The van der Waals surface area contributed by atoms with E-state index in [4.69, 9.17) is 9.47 Å². The molecular formula is C28H26O2. The summed E-state index contributed by atoms with van der Waals surface area (Å²) in [6.45, 7) is 5.38. The maximum atomic E-state index is 6.07. The van der Waals surface area contributed by atoms with Crippen molar-refractivity contribution in [1.29, 1.82) is 0 Å². The predicted molar refractivity (Wildman–Crippen MR) is 123 cm³/mol. The fourth-order valence-electron chi connectivity index (χ4n) is 3.46. The van der Waals surface area contributed by atoms with E-state index in [-0.39, 0.29) is 0 Å². The third-order valence-electron chi connectivity index (χ3n) is 5.17. The van der Waals surface area contributed by atoms with Crippen LogP contribution in [-0.2, 0) is 13.2 Å². The van der Waals surface area contributed by atoms with Gasteiger partial charge in [-0.3, -0.25) is 0 Å². The van der Waals surface area contributed by atoms with E-state index in [2.05, 4.69) is 62.4 Å². The van der Waals surface area contributed by atoms with Crippen LogP contribution in [0.25, 0.3) is 11.1 Å². The molecule has 4 rings (SSSR count). The van der Waals surface area contributed by atoms with Gasteiger partial charge in [-0.25, -0.2) is 0 Å². The summed E-state index contributed by atoms with van der Waals surface area (Å²) < 4.78 is 12.0. The summed E-state index contributed by atoms with van der Waals surface area (Å²) >= 11 is 0. The van der Waals surface area contributed by atoms with E-state index in [1.165, 1.54) is 27.8 Å². The number of rotatable bonds is 7. The van der Waals surface area contributed by atoms with Gasteiger partial charge in [-0.2, -0.15) is 0 Å². The second kappa shape index (κ2) is 9.32. The van der Waals surface area contributed by atoms with Gasteiger partial charge in [0.1, 0.15) is 24.7 Å². The first-order valence-corrected chi connectivity index (χ1v) is 10.2. The number of ether oxygens (including phenoxy) is 2. The zero-order chi connectivity index (χ0) is 20.8. The van der Waals surface area contributed by atoms with E-state index < -0.39 is 0 Å². The first-order valence-electron chi connectivity index (χ1n) is 10.2. The van der Waals surface area contributed by atoms with Crippen molar-refractivity contribution in [3.8, 4) is 22.6 Å². The van der Waals surface area contributed by atoms with Crippen LogP contribution in [-0.4, -0.2) is 0 Å². The number of hydrogen-bond donors (Lipinski definition) is 0. The van der Waals surface area contributed by atoms with Gasteiger partial charge in [0.25, 0.3) is 0 Å². The molecule has 0 radical (unpaired) electrons. The average molecular weight is 395 g/mol. The SMILES string of the molecule is Cc1cc(-c2ccc(OCc3ccccc3)cc2)c(C)cc1OCc1ccccc1. The molecule has 0 aliphatic carbocycles. The molecular weight excluding hydrogens is 368 g/mol. The Labute approximate surface area is 178 Å². The van der Waals surface area contributed by atoms with Crippen molar-refractivity contribution in [1.82, 2.24) is 0 Å². The minimum atomic E-state index is 0.575. The van der Waals surface area contributed by atoms with Crippen LogP contribution in [0.4, 0.5) is 0 Å². The van der Waals surface area contributed by atoms with Gasteiger partial charge < -0.3 is 9.47 Å². The highest BCUT2D eigenvalue weighted by molar-refractivity contribution is 5.70. The fourth-order valence-corrected chi connectivity index (χ4v) is 3.46. The van der Waals surface area contributed by atoms with Crippen molar-refractivity contribution in [2.45, 2.75) is 27.1 Å². The maximum Gasteiger partial charge on any atom is 0.123 e. The Bertz CT molecular complexity index is 1080. The molecule has 0 aromatic heterocycles. The van der Waals surface area contributed by atoms with Crippen molar-refractivity contribution < 1.29 is 9.47 Å². The van der Waals surface area contributed by atoms with Gasteiger partial charge in [-0.15, -0.1) is 0 Å². The average Bonchev–Trinajstić information content (AvgIpc) is 2.80. The molecule has 30 heavy (non-hydrogen) atoms. The molecule has 0 saturated heterocycles. The Kier molecular flexibility index (Phi) is 6.14. The number of aryl methyl sites for hydroxylation is 2. The first-order chi connectivity index (χ1) is 14.7. The van der Waals surface area contributed by atoms with E-state index in [0.717, 1.165) is 17.1 Å². The highest BCUT2D eigenvalue weighted by Crippen LogP contribution is 2.31. The molecule has 2 nitrogen and oxygen atoms in total. The van der Waals surface area contributed by atoms with Crippen LogP contribution < -0.4 is 9.47 Å². The van der Waals surface area contributed by atoms with Crippen LogP contribution in [0, 0.1) is 13.8 Å². The Morgan fingerprint density at radius 3 is 1.73 bits per heavy atom. The molecule has 0 N–H and O–H groups in total. The van der Waals surface area contributed by atoms with Gasteiger partial charge >= 0.3 is 0 Å². The normalized spacial score (nSPS) is 10.6. The van der Waals surface area contributed by atoms with E-state index in [9.17, 15) is 0 Å². The van der Waals surface area contributed by atoms with Gasteiger partial charge in [-0.1, -0.05) is 72.8 Å². The third-order valence-corrected chi connectivity index (χ3v) is 5.17. The maximum absolute atomic E-state index is 6.07. The van der Waals surface area contributed by atoms with Crippen LogP contribution in [0.1, 0.15) is 22.3 Å². The van der Waals surface area contributed by atoms with Crippen LogP contribution in [0.3, 0.4) is 0 Å². The molecule has 0 aliphatic heterocycles. The Hall–Kier alpha value is -3.52. The lowest BCUT2D eigenvalue weighted by molar-refractivity contribution is 0.304. The van der Waals surface area contributed by atoms with Gasteiger partial charge in [0, 0.05) is 0 Å². The van der Waals surface area contributed by atoms with Crippen LogP contribution in [0.5, 0.6) is 11.5 Å². The quantitative estimate of drug-likeness (QED) is 0.332. The van der Waals surface area contributed by atoms with E-state index in [1.54, 1.807) is 0 Å². The zero-order valence-electron chi connectivity index (χ0n) is 17.5. The highest BCUT2D eigenvalue weighted by Gasteiger charge is 2.08. The molecule has 0 saturated carbocycles. The molecule has 0 aliphatic rings. The first kappa shape index (κ1) is 19.8. The number of benzene rings is 4. The molecule has 0 fully saturated rings. The highest BCUT2D eigenvalue weighted by atomic mass is 16.5. The van der Waals surface area contributed by atoms with Crippen molar-refractivity contribution in [3.63, 3.8) is 0 Å². The fraction of sp³-hybridized carbons (Fsp3) is 0.143. The van der Waals surface area contributed by atoms with Gasteiger partial charge in [0.2, 0.25) is 0 Å². The van der Waals surface area contributed by atoms with Crippen molar-refractivity contribution in [2.24, 2.45) is 0 Å².